The number of para-hydroxylation sites is 3. The average molecular weight is 385 g/mol. The van der Waals surface area contributed by atoms with Crippen molar-refractivity contribution in [1.29, 1.82) is 0 Å². The first-order valence-corrected chi connectivity index (χ1v) is 9.53. The number of hydrogen-bond donors (Lipinski definition) is 0. The van der Waals surface area contributed by atoms with Crippen LogP contribution in [0.2, 0.25) is 0 Å². The highest BCUT2D eigenvalue weighted by Crippen LogP contribution is 2.30. The molecule has 0 saturated carbocycles. The van der Waals surface area contributed by atoms with Gasteiger partial charge < -0.3 is 4.74 Å². The summed E-state index contributed by atoms with van der Waals surface area (Å²) in [7, 11) is 0. The number of rotatable bonds is 6. The number of nitro groups is 1. The number of amides is 1. The van der Waals surface area contributed by atoms with Crippen molar-refractivity contribution in [3.63, 3.8) is 0 Å². The Bertz CT molecular complexity index is 857. The van der Waals surface area contributed by atoms with Crippen LogP contribution in [0.1, 0.15) is 13.3 Å². The first-order chi connectivity index (χ1) is 13.1. The molecule has 1 atom stereocenters. The maximum absolute atomic E-state index is 12.8. The largest absolute Gasteiger partial charge is 0.477 e. The zero-order chi connectivity index (χ0) is 19.2. The van der Waals surface area contributed by atoms with Gasteiger partial charge in [-0.2, -0.15) is 0 Å². The van der Waals surface area contributed by atoms with Crippen LogP contribution >= 0.6 is 11.8 Å². The van der Waals surface area contributed by atoms with Crippen LogP contribution in [0.3, 0.4) is 0 Å². The van der Waals surface area contributed by atoms with Gasteiger partial charge in [0.15, 0.2) is 17.5 Å². The smallest absolute Gasteiger partial charge is 0.310 e. The van der Waals surface area contributed by atoms with Crippen LogP contribution in [0.25, 0.3) is 0 Å². The molecule has 0 aliphatic carbocycles. The molecule has 0 unspecified atom stereocenters. The van der Waals surface area contributed by atoms with E-state index in [0.29, 0.717) is 5.17 Å². The molecule has 7 nitrogen and oxygen atoms in total. The lowest BCUT2D eigenvalue weighted by Gasteiger charge is -2.23. The summed E-state index contributed by atoms with van der Waals surface area (Å²) in [4.78, 5) is 29.6. The third kappa shape index (κ3) is 4.46. The molecule has 0 bridgehead atoms. The molecule has 2 aromatic rings. The highest BCUT2D eigenvalue weighted by Gasteiger charge is 2.34. The van der Waals surface area contributed by atoms with Crippen molar-refractivity contribution in [2.24, 2.45) is 4.99 Å². The van der Waals surface area contributed by atoms with Gasteiger partial charge in [0.25, 0.3) is 5.91 Å². The van der Waals surface area contributed by atoms with Crippen molar-refractivity contribution in [2.75, 3.05) is 12.4 Å². The number of aliphatic imine (C=N–C) groups is 1. The zero-order valence-corrected chi connectivity index (χ0v) is 15.6. The molecule has 0 radical (unpaired) electrons. The molecule has 1 saturated heterocycles. The van der Waals surface area contributed by atoms with Gasteiger partial charge >= 0.3 is 5.69 Å². The number of ether oxygens (including phenoxy) is 1. The number of nitrogens with zero attached hydrogens (tertiary/aromatic N) is 3. The van der Waals surface area contributed by atoms with E-state index in [4.69, 9.17) is 4.74 Å². The van der Waals surface area contributed by atoms with Gasteiger partial charge in [-0.3, -0.25) is 19.8 Å². The van der Waals surface area contributed by atoms with Gasteiger partial charge in [0.05, 0.1) is 10.6 Å². The number of carbonyl (C=O) groups is 1. The lowest BCUT2D eigenvalue weighted by molar-refractivity contribution is -0.385. The first-order valence-electron chi connectivity index (χ1n) is 8.55. The Morgan fingerprint density at radius 3 is 2.67 bits per heavy atom. The standard InChI is InChI=1S/C19H19N3O4S/c1-2-15-13-27-19(20-14-8-4-3-5-9-14)21(15)18(23)12-26-17-11-7-6-10-16(17)22(24)25/h3-11,15H,2,12-13H2,1H3/t15-/m1/s1. The summed E-state index contributed by atoms with van der Waals surface area (Å²) in [6, 6.07) is 15.5. The van der Waals surface area contributed by atoms with Gasteiger partial charge in [-0.05, 0) is 24.6 Å². The fourth-order valence-electron chi connectivity index (χ4n) is 2.72. The predicted octanol–water partition coefficient (Wildman–Crippen LogP) is 4.02. The summed E-state index contributed by atoms with van der Waals surface area (Å²) in [5, 5.41) is 11.7. The van der Waals surface area contributed by atoms with Crippen LogP contribution in [0, 0.1) is 10.1 Å². The van der Waals surface area contributed by atoms with E-state index in [-0.39, 0.29) is 30.0 Å². The van der Waals surface area contributed by atoms with E-state index in [9.17, 15) is 14.9 Å². The van der Waals surface area contributed by atoms with Crippen LogP contribution in [0.4, 0.5) is 11.4 Å². The van der Waals surface area contributed by atoms with Crippen molar-refractivity contribution in [2.45, 2.75) is 19.4 Å². The van der Waals surface area contributed by atoms with Crippen LogP contribution in [-0.4, -0.2) is 39.3 Å². The van der Waals surface area contributed by atoms with Gasteiger partial charge in [0.1, 0.15) is 0 Å². The van der Waals surface area contributed by atoms with E-state index >= 15 is 0 Å². The van der Waals surface area contributed by atoms with Crippen molar-refractivity contribution in [1.82, 2.24) is 4.90 Å². The third-order valence-corrected chi connectivity index (χ3v) is 5.21. The van der Waals surface area contributed by atoms with Gasteiger partial charge in [-0.15, -0.1) is 0 Å². The third-order valence-electron chi connectivity index (χ3n) is 4.11. The van der Waals surface area contributed by atoms with Crippen molar-refractivity contribution >= 4 is 34.2 Å². The zero-order valence-electron chi connectivity index (χ0n) is 14.8. The van der Waals surface area contributed by atoms with Crippen LogP contribution in [0.5, 0.6) is 5.75 Å². The Hall–Kier alpha value is -2.87. The molecule has 1 amide bonds. The van der Waals surface area contributed by atoms with Crippen LogP contribution in [0.15, 0.2) is 59.6 Å². The second-order valence-corrected chi connectivity index (χ2v) is 6.87. The van der Waals surface area contributed by atoms with Crippen LogP contribution in [-0.2, 0) is 4.79 Å². The summed E-state index contributed by atoms with van der Waals surface area (Å²) in [6.45, 7) is 1.73. The Kier molecular flexibility index (Phi) is 6.08. The van der Waals surface area contributed by atoms with Gasteiger partial charge in [0, 0.05) is 17.9 Å². The Labute approximate surface area is 161 Å². The molecule has 1 aliphatic heterocycles. The molecule has 0 N–H and O–H groups in total. The molecule has 1 aliphatic rings. The van der Waals surface area contributed by atoms with E-state index in [0.717, 1.165) is 17.9 Å². The highest BCUT2D eigenvalue weighted by atomic mass is 32.2. The monoisotopic (exact) mass is 385 g/mol. The van der Waals surface area contributed by atoms with Gasteiger partial charge in [-0.1, -0.05) is 49.0 Å². The van der Waals surface area contributed by atoms with E-state index in [1.807, 2.05) is 37.3 Å². The second-order valence-electron chi connectivity index (χ2n) is 5.88. The van der Waals surface area contributed by atoms with Crippen molar-refractivity contribution < 1.29 is 14.5 Å². The number of carbonyl (C=O) groups excluding carboxylic acids is 1. The number of benzene rings is 2. The summed E-state index contributed by atoms with van der Waals surface area (Å²) < 4.78 is 5.47. The molecule has 3 rings (SSSR count). The number of nitro benzene ring substituents is 1. The Morgan fingerprint density at radius 2 is 1.96 bits per heavy atom. The number of thioether (sulfide) groups is 1. The first kappa shape index (κ1) is 18.9. The molecule has 1 heterocycles. The molecular formula is C19H19N3O4S. The maximum Gasteiger partial charge on any atom is 0.310 e. The summed E-state index contributed by atoms with van der Waals surface area (Å²) in [5.41, 5.74) is 0.612. The summed E-state index contributed by atoms with van der Waals surface area (Å²) in [5.74, 6) is 0.580. The lowest BCUT2D eigenvalue weighted by atomic mass is 10.2. The van der Waals surface area contributed by atoms with Crippen molar-refractivity contribution in [3.8, 4) is 5.75 Å². The molecule has 140 valence electrons. The number of hydrogen-bond acceptors (Lipinski definition) is 6. The highest BCUT2D eigenvalue weighted by molar-refractivity contribution is 8.14. The normalized spacial score (nSPS) is 17.9. The topological polar surface area (TPSA) is 85.0 Å². The van der Waals surface area contributed by atoms with Gasteiger partial charge in [0.2, 0.25) is 0 Å². The fraction of sp³-hybridized carbons (Fsp3) is 0.263. The molecule has 0 aromatic heterocycles. The minimum atomic E-state index is -0.525. The van der Waals surface area contributed by atoms with E-state index in [1.54, 1.807) is 17.0 Å². The number of amidine groups is 1. The molecule has 0 spiro atoms. The molecule has 2 aromatic carbocycles. The molecule has 1 fully saturated rings. The van der Waals surface area contributed by atoms with Crippen molar-refractivity contribution in [3.05, 3.63) is 64.7 Å². The van der Waals surface area contributed by atoms with E-state index < -0.39 is 4.92 Å². The summed E-state index contributed by atoms with van der Waals surface area (Å²) >= 11 is 1.53. The Morgan fingerprint density at radius 1 is 1.26 bits per heavy atom. The maximum atomic E-state index is 12.8. The Balaban J connectivity index is 1.77. The lowest BCUT2D eigenvalue weighted by Crippen LogP contribution is -2.41. The molecule has 8 heteroatoms. The van der Waals surface area contributed by atoms with Gasteiger partial charge in [-0.25, -0.2) is 4.99 Å². The second kappa shape index (κ2) is 8.68. The van der Waals surface area contributed by atoms with Crippen LogP contribution < -0.4 is 4.74 Å². The average Bonchev–Trinajstić information content (AvgIpc) is 3.09. The minimum Gasteiger partial charge on any atom is -0.477 e. The van der Waals surface area contributed by atoms with E-state index in [2.05, 4.69) is 4.99 Å². The molecule has 27 heavy (non-hydrogen) atoms. The predicted molar refractivity (Wildman–Crippen MR) is 106 cm³/mol. The minimum absolute atomic E-state index is 0.0271. The quantitative estimate of drug-likeness (QED) is 0.554. The molecular weight excluding hydrogens is 366 g/mol. The summed E-state index contributed by atoms with van der Waals surface area (Å²) in [6.07, 6.45) is 0.790. The SMILES string of the molecule is CC[C@@H]1CSC(=Nc2ccccc2)N1C(=O)COc1ccccc1[N+](=O)[O-]. The van der Waals surface area contributed by atoms with E-state index in [1.165, 1.54) is 23.9 Å². The fourth-order valence-corrected chi connectivity index (χ4v) is 4.01.